The van der Waals surface area contributed by atoms with Gasteiger partial charge in [0.1, 0.15) is 0 Å². The van der Waals surface area contributed by atoms with E-state index in [1.165, 1.54) is 10.9 Å². The van der Waals surface area contributed by atoms with E-state index in [9.17, 15) is 0 Å². The van der Waals surface area contributed by atoms with Gasteiger partial charge in [-0.25, -0.2) is 0 Å². The van der Waals surface area contributed by atoms with Gasteiger partial charge in [0.2, 0.25) is 0 Å². The van der Waals surface area contributed by atoms with E-state index in [4.69, 9.17) is 13.8 Å². The van der Waals surface area contributed by atoms with E-state index < -0.39 is 7.06 Å². The number of ether oxygens (including phenoxy) is 1. The Morgan fingerprint density at radius 3 is 2.08 bits per heavy atom. The second kappa shape index (κ2) is 7.93. The summed E-state index contributed by atoms with van der Waals surface area (Å²) in [7, 11) is 3.57. The van der Waals surface area contributed by atoms with Crippen molar-refractivity contribution in [2.45, 2.75) is 0 Å². The molecule has 2 aromatic carbocycles. The second-order valence-corrected chi connectivity index (χ2v) is 13.3. The van der Waals surface area contributed by atoms with E-state index in [1.807, 2.05) is 18.2 Å². The summed E-state index contributed by atoms with van der Waals surface area (Å²) in [5.41, 5.74) is 2.31. The van der Waals surface area contributed by atoms with Gasteiger partial charge in [0.05, 0.1) is 0 Å². The van der Waals surface area contributed by atoms with Gasteiger partial charge in [0.25, 0.3) is 0 Å². The molecule has 132 valence electrons. The molecule has 0 spiro atoms. The van der Waals surface area contributed by atoms with Gasteiger partial charge < -0.3 is 0 Å². The Bertz CT molecular complexity index is 661. The number of hydrogen-bond donors (Lipinski definition) is 0. The Kier molecular flexibility index (Phi) is 6.39. The van der Waals surface area contributed by atoms with Crippen molar-refractivity contribution in [3.63, 3.8) is 0 Å². The van der Waals surface area contributed by atoms with E-state index in [0.29, 0.717) is 0 Å². The molecule has 3 nitrogen and oxygen atoms in total. The zero-order valence-electron chi connectivity index (χ0n) is 15.2. The number of methoxy groups -OCH3 is 1. The summed E-state index contributed by atoms with van der Waals surface area (Å²) < 4.78 is 16.9. The van der Waals surface area contributed by atoms with Crippen LogP contribution in [0.15, 0.2) is 48.5 Å². The van der Waals surface area contributed by atoms with Gasteiger partial charge in [-0.1, -0.05) is 0 Å². The molecule has 24 heavy (non-hydrogen) atoms. The summed E-state index contributed by atoms with van der Waals surface area (Å²) in [6.07, 6.45) is 2.06. The topological polar surface area (TPSA) is 27.7 Å². The molecule has 0 fully saturated rings. The van der Waals surface area contributed by atoms with Gasteiger partial charge in [0.15, 0.2) is 0 Å². The van der Waals surface area contributed by atoms with Crippen molar-refractivity contribution >= 4 is 20.9 Å². The zero-order chi connectivity index (χ0) is 17.7. The van der Waals surface area contributed by atoms with Crippen LogP contribution in [0.25, 0.3) is 11.1 Å². The van der Waals surface area contributed by atoms with E-state index in [1.54, 1.807) is 21.3 Å². The van der Waals surface area contributed by atoms with Crippen LogP contribution in [0.1, 0.15) is 0 Å². The van der Waals surface area contributed by atoms with Crippen LogP contribution in [0.2, 0.25) is 0 Å². The van der Waals surface area contributed by atoms with E-state index >= 15 is 0 Å². The minimum absolute atomic E-state index is 0.758. The van der Waals surface area contributed by atoms with Crippen LogP contribution >= 0.6 is 15.6 Å². The molecule has 0 aliphatic carbocycles. The molecule has 0 aliphatic heterocycles. The molecule has 1 atom stereocenters. The molecule has 0 amide bonds. The molecule has 2 aromatic rings. The quantitative estimate of drug-likeness (QED) is 0.639. The summed E-state index contributed by atoms with van der Waals surface area (Å²) in [5, 5.41) is 1.36. The number of para-hydroxylation sites is 1. The molecule has 5 heteroatoms. The maximum atomic E-state index is 5.71. The molecule has 0 saturated carbocycles. The zero-order valence-corrected chi connectivity index (χ0v) is 17.1. The summed E-state index contributed by atoms with van der Waals surface area (Å²) in [6, 6.07) is 16.9. The van der Waals surface area contributed by atoms with E-state index in [-0.39, 0.29) is 0 Å². The molecule has 0 bridgehead atoms. The third-order valence-corrected chi connectivity index (χ3v) is 9.93. The van der Waals surface area contributed by atoms with E-state index in [0.717, 1.165) is 32.2 Å². The van der Waals surface area contributed by atoms with Crippen LogP contribution in [0.3, 0.4) is 0 Å². The van der Waals surface area contributed by atoms with Crippen molar-refractivity contribution in [2.75, 3.05) is 47.0 Å². The first-order chi connectivity index (χ1) is 11.4. The fourth-order valence-corrected chi connectivity index (χ4v) is 6.59. The Balaban J connectivity index is 2.03. The van der Waals surface area contributed by atoms with Crippen LogP contribution in [-0.4, -0.2) is 47.0 Å². The fraction of sp³-hybridized carbons (Fsp3) is 0.368. The van der Waals surface area contributed by atoms with Crippen molar-refractivity contribution in [3.05, 3.63) is 48.5 Å². The Morgan fingerprint density at radius 1 is 0.875 bits per heavy atom. The average Bonchev–Trinajstić information content (AvgIpc) is 2.62. The number of hydrogen-bond acceptors (Lipinski definition) is 3. The van der Waals surface area contributed by atoms with Crippen LogP contribution in [0.5, 0.6) is 5.75 Å². The van der Waals surface area contributed by atoms with Gasteiger partial charge in [0, 0.05) is 0 Å². The van der Waals surface area contributed by atoms with Gasteiger partial charge in [-0.3, -0.25) is 0 Å². The first kappa shape index (κ1) is 19.3. The van der Waals surface area contributed by atoms with Crippen molar-refractivity contribution in [1.82, 2.24) is 0 Å². The normalized spacial score (nSPS) is 13.8. The van der Waals surface area contributed by atoms with Crippen molar-refractivity contribution in [2.24, 2.45) is 0 Å². The van der Waals surface area contributed by atoms with Crippen molar-refractivity contribution in [1.29, 1.82) is 0 Å². The second-order valence-electron chi connectivity index (χ2n) is 6.44. The average molecular weight is 366 g/mol. The molecule has 0 N–H and O–H groups in total. The third-order valence-electron chi connectivity index (χ3n) is 4.51. The minimum atomic E-state index is -2.41. The fourth-order valence-electron chi connectivity index (χ4n) is 2.42. The van der Waals surface area contributed by atoms with Crippen LogP contribution < -0.4 is 10.0 Å². The van der Waals surface area contributed by atoms with Crippen molar-refractivity contribution in [3.8, 4) is 16.9 Å². The first-order valence-electron chi connectivity index (χ1n) is 8.01. The molecule has 2 rings (SSSR count). The Morgan fingerprint density at radius 2 is 1.50 bits per heavy atom. The molecule has 0 aromatic heterocycles. The molecular formula is C19H28O3P2. The van der Waals surface area contributed by atoms with Gasteiger partial charge in [-0.2, -0.15) is 0 Å². The maximum absolute atomic E-state index is 5.71. The summed E-state index contributed by atoms with van der Waals surface area (Å²) >= 11 is 0. The van der Waals surface area contributed by atoms with E-state index in [2.05, 4.69) is 43.7 Å². The Labute approximate surface area is 147 Å². The first-order valence-corrected chi connectivity index (χ1v) is 12.4. The number of rotatable bonds is 8. The summed E-state index contributed by atoms with van der Waals surface area (Å²) in [6.45, 7) is 4.25. The van der Waals surface area contributed by atoms with Gasteiger partial charge in [-0.15, -0.1) is 0 Å². The Hall–Kier alpha value is -0.980. The molecule has 1 unspecified atom stereocenters. The van der Waals surface area contributed by atoms with Crippen LogP contribution in [0, 0.1) is 0 Å². The SMILES string of the molecule is COc1ccccc1-c1ccc(PCCP(C)(C)(OC)OC)cc1. The molecule has 0 aliphatic rings. The monoisotopic (exact) mass is 366 g/mol. The molecule has 0 radical (unpaired) electrons. The molecular weight excluding hydrogens is 338 g/mol. The van der Waals surface area contributed by atoms with Crippen molar-refractivity contribution < 1.29 is 13.8 Å². The summed E-state index contributed by atoms with van der Waals surface area (Å²) in [5.74, 6) is 0.905. The van der Waals surface area contributed by atoms with Crippen LogP contribution in [0.4, 0.5) is 0 Å². The molecule has 0 saturated heterocycles. The number of benzene rings is 2. The summed E-state index contributed by atoms with van der Waals surface area (Å²) in [4.78, 5) is 0. The standard InChI is InChI=1S/C19H28O3P2/c1-20-19-9-7-6-8-18(19)16-10-12-17(13-11-16)23-14-15-24(4,5,21-2)22-3/h6-13,23H,14-15H2,1-5H3. The van der Waals surface area contributed by atoms with Crippen LogP contribution in [-0.2, 0) is 9.05 Å². The van der Waals surface area contributed by atoms with Gasteiger partial charge in [-0.05, 0) is 0 Å². The molecule has 0 heterocycles. The van der Waals surface area contributed by atoms with Gasteiger partial charge >= 0.3 is 147 Å². The third kappa shape index (κ3) is 4.77. The predicted octanol–water partition coefficient (Wildman–Crippen LogP) is 4.60. The predicted molar refractivity (Wildman–Crippen MR) is 109 cm³/mol.